The zero-order valence-electron chi connectivity index (χ0n) is 14.0. The quantitative estimate of drug-likeness (QED) is 0.777. The minimum absolute atomic E-state index is 0.0907. The first-order chi connectivity index (χ1) is 12.5. The molecule has 9 heteroatoms. The highest BCUT2D eigenvalue weighted by Gasteiger charge is 2.31. The second kappa shape index (κ2) is 6.32. The molecule has 1 aliphatic heterocycles. The van der Waals surface area contributed by atoms with Crippen LogP contribution in [0.25, 0.3) is 11.0 Å². The van der Waals surface area contributed by atoms with Crippen molar-refractivity contribution in [1.29, 1.82) is 0 Å². The van der Waals surface area contributed by atoms with E-state index in [0.29, 0.717) is 18.8 Å². The predicted molar refractivity (Wildman–Crippen MR) is 91.7 cm³/mol. The lowest BCUT2D eigenvalue weighted by Crippen LogP contribution is -2.48. The van der Waals surface area contributed by atoms with Crippen molar-refractivity contribution in [2.75, 3.05) is 16.8 Å². The summed E-state index contributed by atoms with van der Waals surface area (Å²) in [5, 5.41) is 7.16. The van der Waals surface area contributed by atoms with Crippen LogP contribution in [0.3, 0.4) is 0 Å². The summed E-state index contributed by atoms with van der Waals surface area (Å²) >= 11 is 0. The van der Waals surface area contributed by atoms with Gasteiger partial charge >= 0.3 is 0 Å². The summed E-state index contributed by atoms with van der Waals surface area (Å²) in [7, 11) is 1.78. The van der Waals surface area contributed by atoms with Gasteiger partial charge < -0.3 is 5.32 Å². The third-order valence-electron chi connectivity index (χ3n) is 4.42. The molecule has 1 atom stereocenters. The molecule has 134 valence electrons. The summed E-state index contributed by atoms with van der Waals surface area (Å²) in [6, 6.07) is 3.30. The molecule has 3 aromatic rings. The summed E-state index contributed by atoms with van der Waals surface area (Å²) in [5.41, 5.74) is 0.474. The van der Waals surface area contributed by atoms with Gasteiger partial charge in [-0.2, -0.15) is 5.10 Å². The maximum atomic E-state index is 13.4. The molecule has 1 N–H and O–H groups in total. The Morgan fingerprint density at radius 1 is 1.23 bits per heavy atom. The molecular weight excluding hydrogens is 342 g/mol. The zero-order chi connectivity index (χ0) is 18.3. The van der Waals surface area contributed by atoms with Crippen LogP contribution in [0.5, 0.6) is 0 Å². The molecular formula is C17H16F2N6O. The summed E-state index contributed by atoms with van der Waals surface area (Å²) in [6.07, 6.45) is 4.51. The molecule has 0 radical (unpaired) electrons. The van der Waals surface area contributed by atoms with Gasteiger partial charge in [-0.25, -0.2) is 13.8 Å². The van der Waals surface area contributed by atoms with Gasteiger partial charge in [0.2, 0.25) is 0 Å². The van der Waals surface area contributed by atoms with E-state index < -0.39 is 17.7 Å². The normalized spacial score (nSPS) is 17.7. The number of carbonyl (C=O) groups excluding carboxylic acids is 1. The highest BCUT2D eigenvalue weighted by atomic mass is 19.2. The van der Waals surface area contributed by atoms with Gasteiger partial charge in [0.25, 0.3) is 5.91 Å². The molecule has 1 aromatic carbocycles. The molecule has 7 nitrogen and oxygen atoms in total. The number of hydrogen-bond donors (Lipinski definition) is 1. The fraction of sp³-hybridized carbons (Fsp3) is 0.294. The van der Waals surface area contributed by atoms with E-state index >= 15 is 0 Å². The molecule has 1 saturated heterocycles. The Hall–Kier alpha value is -3.10. The number of aromatic nitrogens is 4. The highest BCUT2D eigenvalue weighted by Crippen LogP contribution is 2.23. The van der Waals surface area contributed by atoms with Gasteiger partial charge in [-0.05, 0) is 12.8 Å². The summed E-state index contributed by atoms with van der Waals surface area (Å²) in [6.45, 7) is 0.616. The minimum Gasteiger partial charge on any atom is -0.357 e. The molecule has 1 amide bonds. The van der Waals surface area contributed by atoms with Crippen molar-refractivity contribution in [2.24, 2.45) is 7.05 Å². The summed E-state index contributed by atoms with van der Waals surface area (Å²) < 4.78 is 28.3. The number of aryl methyl sites for hydroxylation is 1. The number of nitrogens with one attached hydrogen (secondary N) is 1. The molecule has 1 unspecified atom stereocenters. The number of hydrogen-bond acceptors (Lipinski definition) is 5. The van der Waals surface area contributed by atoms with Crippen molar-refractivity contribution in [2.45, 2.75) is 18.9 Å². The highest BCUT2D eigenvalue weighted by molar-refractivity contribution is 5.98. The molecule has 0 saturated carbocycles. The van der Waals surface area contributed by atoms with Gasteiger partial charge in [0, 0.05) is 31.8 Å². The number of fused-ring (bicyclic) bond motifs is 1. The molecule has 0 aliphatic carbocycles. The second-order valence-corrected chi connectivity index (χ2v) is 6.15. The Morgan fingerprint density at radius 3 is 2.73 bits per heavy atom. The topological polar surface area (TPSA) is 75.9 Å². The van der Waals surface area contributed by atoms with E-state index in [1.54, 1.807) is 28.9 Å². The first-order valence-corrected chi connectivity index (χ1v) is 8.20. The van der Waals surface area contributed by atoms with Crippen molar-refractivity contribution in [3.63, 3.8) is 0 Å². The number of anilines is 2. The van der Waals surface area contributed by atoms with E-state index in [1.165, 1.54) is 6.20 Å². The van der Waals surface area contributed by atoms with Gasteiger partial charge in [-0.15, -0.1) is 0 Å². The van der Waals surface area contributed by atoms with Crippen molar-refractivity contribution in [3.8, 4) is 0 Å². The van der Waals surface area contributed by atoms with Crippen LogP contribution in [0.2, 0.25) is 0 Å². The number of halogens is 2. The number of piperidine rings is 1. The summed E-state index contributed by atoms with van der Waals surface area (Å²) in [4.78, 5) is 22.8. The van der Waals surface area contributed by atoms with Crippen LogP contribution in [-0.2, 0) is 11.8 Å². The van der Waals surface area contributed by atoms with E-state index in [4.69, 9.17) is 0 Å². The number of carbonyl (C=O) groups is 1. The maximum Gasteiger partial charge on any atom is 0.250 e. The SMILES string of the molecule is Cn1nccc1N1CCCC(Nc2cnc3cc(F)c(F)cc3n2)C1=O. The number of amides is 1. The molecule has 0 spiro atoms. The van der Waals surface area contributed by atoms with E-state index in [2.05, 4.69) is 20.4 Å². The van der Waals surface area contributed by atoms with Gasteiger partial charge in [0.05, 0.1) is 23.4 Å². The lowest BCUT2D eigenvalue weighted by Gasteiger charge is -2.32. The molecule has 2 aromatic heterocycles. The van der Waals surface area contributed by atoms with E-state index in [9.17, 15) is 13.6 Å². The average molecular weight is 358 g/mol. The van der Waals surface area contributed by atoms with Crippen LogP contribution in [-0.4, -0.2) is 38.2 Å². The smallest absolute Gasteiger partial charge is 0.250 e. The number of nitrogens with zero attached hydrogens (tertiary/aromatic N) is 5. The lowest BCUT2D eigenvalue weighted by molar-refractivity contribution is -0.120. The lowest BCUT2D eigenvalue weighted by atomic mass is 10.0. The fourth-order valence-corrected chi connectivity index (χ4v) is 3.12. The van der Waals surface area contributed by atoms with Crippen molar-refractivity contribution < 1.29 is 13.6 Å². The van der Waals surface area contributed by atoms with Crippen LogP contribution in [0.15, 0.2) is 30.6 Å². The monoisotopic (exact) mass is 358 g/mol. The third kappa shape index (κ3) is 2.85. The van der Waals surface area contributed by atoms with Crippen LogP contribution < -0.4 is 10.2 Å². The van der Waals surface area contributed by atoms with E-state index in [0.717, 1.165) is 24.4 Å². The van der Waals surface area contributed by atoms with Gasteiger partial charge in [0.1, 0.15) is 17.7 Å². The van der Waals surface area contributed by atoms with Crippen molar-refractivity contribution in [1.82, 2.24) is 19.7 Å². The van der Waals surface area contributed by atoms with Crippen molar-refractivity contribution in [3.05, 3.63) is 42.2 Å². The van der Waals surface area contributed by atoms with Crippen LogP contribution in [0, 0.1) is 11.6 Å². The van der Waals surface area contributed by atoms with E-state index in [1.807, 2.05) is 0 Å². The Bertz CT molecular complexity index is 989. The largest absolute Gasteiger partial charge is 0.357 e. The second-order valence-electron chi connectivity index (χ2n) is 6.15. The average Bonchev–Trinajstić information content (AvgIpc) is 3.04. The van der Waals surface area contributed by atoms with Gasteiger partial charge in [-0.3, -0.25) is 19.4 Å². The Balaban J connectivity index is 1.58. The molecule has 1 aliphatic rings. The minimum atomic E-state index is -0.986. The standard InChI is InChI=1S/C17H16F2N6O/c1-24-16(4-5-21-24)25-6-2-3-12(17(25)26)22-15-9-20-13-7-10(18)11(19)8-14(13)23-15/h4-5,7-9,12H,2-3,6H2,1H3,(H,22,23). The van der Waals surface area contributed by atoms with E-state index in [-0.39, 0.29) is 16.9 Å². The summed E-state index contributed by atoms with van der Waals surface area (Å²) in [5.74, 6) is -0.980. The van der Waals surface area contributed by atoms with Gasteiger partial charge in [-0.1, -0.05) is 0 Å². The Kier molecular flexibility index (Phi) is 3.98. The Labute approximate surface area is 147 Å². The molecule has 3 heterocycles. The van der Waals surface area contributed by atoms with Gasteiger partial charge in [0.15, 0.2) is 11.6 Å². The molecule has 26 heavy (non-hydrogen) atoms. The first kappa shape index (κ1) is 16.4. The van der Waals surface area contributed by atoms with Crippen LogP contribution in [0.1, 0.15) is 12.8 Å². The third-order valence-corrected chi connectivity index (χ3v) is 4.42. The number of benzene rings is 1. The molecule has 0 bridgehead atoms. The van der Waals surface area contributed by atoms with Crippen molar-refractivity contribution >= 4 is 28.6 Å². The zero-order valence-corrected chi connectivity index (χ0v) is 14.0. The van der Waals surface area contributed by atoms with Crippen LogP contribution in [0.4, 0.5) is 20.4 Å². The van der Waals surface area contributed by atoms with Crippen LogP contribution >= 0.6 is 0 Å². The Morgan fingerprint density at radius 2 is 2.00 bits per heavy atom. The number of rotatable bonds is 3. The first-order valence-electron chi connectivity index (χ1n) is 8.20. The maximum absolute atomic E-state index is 13.4. The molecule has 1 fully saturated rings. The predicted octanol–water partition coefficient (Wildman–Crippen LogP) is 2.25. The fourth-order valence-electron chi connectivity index (χ4n) is 3.12. The molecule has 4 rings (SSSR count).